The molecule has 6 nitrogen and oxygen atoms in total. The van der Waals surface area contributed by atoms with E-state index in [0.29, 0.717) is 24.1 Å². The van der Waals surface area contributed by atoms with Gasteiger partial charge in [0.2, 0.25) is 0 Å². The van der Waals surface area contributed by atoms with Crippen LogP contribution in [0.25, 0.3) is 0 Å². The van der Waals surface area contributed by atoms with Crippen LogP contribution in [-0.2, 0) is 4.74 Å². The van der Waals surface area contributed by atoms with E-state index in [9.17, 15) is 4.79 Å². The maximum absolute atomic E-state index is 11.9. The highest BCUT2D eigenvalue weighted by atomic mass is 16.5. The molecule has 1 amide bonds. The van der Waals surface area contributed by atoms with Gasteiger partial charge in [-0.3, -0.25) is 4.79 Å². The average Bonchev–Trinajstić information content (AvgIpc) is 2.89. The second kappa shape index (κ2) is 5.63. The number of carbonyl (C=O) groups is 1. The predicted molar refractivity (Wildman–Crippen MR) is 68.6 cm³/mol. The van der Waals surface area contributed by atoms with E-state index in [-0.39, 0.29) is 12.0 Å². The molecule has 3 rings (SSSR count). The highest BCUT2D eigenvalue weighted by molar-refractivity contribution is 5.93. The lowest BCUT2D eigenvalue weighted by molar-refractivity contribution is -0.0138. The van der Waals surface area contributed by atoms with E-state index in [0.717, 1.165) is 26.0 Å². The first-order valence-electron chi connectivity index (χ1n) is 6.74. The molecule has 0 radical (unpaired) electrons. The van der Waals surface area contributed by atoms with Crippen molar-refractivity contribution in [3.63, 3.8) is 0 Å². The Hall–Kier alpha value is -1.53. The third kappa shape index (κ3) is 2.74. The van der Waals surface area contributed by atoms with Gasteiger partial charge in [0, 0.05) is 25.0 Å². The van der Waals surface area contributed by atoms with Gasteiger partial charge in [0.1, 0.15) is 0 Å². The molecule has 1 aromatic rings. The summed E-state index contributed by atoms with van der Waals surface area (Å²) in [4.78, 5) is 11.9. The summed E-state index contributed by atoms with van der Waals surface area (Å²) in [7, 11) is 0. The molecular weight excluding hydrogens is 244 g/mol. The minimum atomic E-state index is -0.0953. The Balaban J connectivity index is 1.54. The number of morpholine rings is 1. The van der Waals surface area contributed by atoms with E-state index in [1.54, 1.807) is 6.07 Å². The predicted octanol–water partition coefficient (Wildman–Crippen LogP) is -0.0266. The van der Waals surface area contributed by atoms with Crippen LogP contribution < -0.4 is 10.6 Å². The van der Waals surface area contributed by atoms with Crippen LogP contribution in [0.4, 0.5) is 0 Å². The number of carbonyl (C=O) groups excluding carboxylic acids is 1. The molecule has 1 aromatic heterocycles. The van der Waals surface area contributed by atoms with Crippen LogP contribution in [0.5, 0.6) is 0 Å². The summed E-state index contributed by atoms with van der Waals surface area (Å²) in [6, 6.07) is 2.12. The Morgan fingerprint density at radius 1 is 1.47 bits per heavy atom. The summed E-state index contributed by atoms with van der Waals surface area (Å²) in [5.41, 5.74) is 0.548. The molecule has 0 aromatic carbocycles. The van der Waals surface area contributed by atoms with Crippen molar-refractivity contribution in [3.05, 3.63) is 24.0 Å². The van der Waals surface area contributed by atoms with Crippen LogP contribution in [0.15, 0.2) is 18.5 Å². The minimum absolute atomic E-state index is 0.0953. The zero-order valence-corrected chi connectivity index (χ0v) is 10.7. The number of fused-ring (bicyclic) bond motifs is 1. The first kappa shape index (κ1) is 12.5. The van der Waals surface area contributed by atoms with Gasteiger partial charge in [-0.2, -0.15) is 10.2 Å². The summed E-state index contributed by atoms with van der Waals surface area (Å²) < 4.78 is 5.82. The molecule has 0 bridgehead atoms. The lowest BCUT2D eigenvalue weighted by atomic mass is 10.0. The van der Waals surface area contributed by atoms with Gasteiger partial charge in [0.25, 0.3) is 5.91 Å². The van der Waals surface area contributed by atoms with Crippen LogP contribution in [0, 0.1) is 5.92 Å². The van der Waals surface area contributed by atoms with Crippen LogP contribution in [0.2, 0.25) is 0 Å². The average molecular weight is 262 g/mol. The molecule has 2 heterocycles. The van der Waals surface area contributed by atoms with Gasteiger partial charge in [-0.05, 0) is 18.9 Å². The van der Waals surface area contributed by atoms with Crippen molar-refractivity contribution in [3.8, 4) is 0 Å². The molecule has 0 unspecified atom stereocenters. The summed E-state index contributed by atoms with van der Waals surface area (Å²) in [6.07, 6.45) is 5.46. The molecule has 2 aliphatic rings. The Labute approximate surface area is 111 Å². The Morgan fingerprint density at radius 3 is 3.26 bits per heavy atom. The summed E-state index contributed by atoms with van der Waals surface area (Å²) >= 11 is 0. The summed E-state index contributed by atoms with van der Waals surface area (Å²) in [6.45, 7) is 2.35. The lowest BCUT2D eigenvalue weighted by Crippen LogP contribution is -2.48. The SMILES string of the molecule is O=C(NC[C@@H]1CC[C@H]2NCCO[C@@H]12)c1ccnnc1. The van der Waals surface area contributed by atoms with E-state index in [1.165, 1.54) is 12.4 Å². The normalized spacial score (nSPS) is 29.8. The molecule has 2 fully saturated rings. The maximum atomic E-state index is 11.9. The molecule has 1 saturated carbocycles. The molecular formula is C13H18N4O2. The quantitative estimate of drug-likeness (QED) is 0.800. The van der Waals surface area contributed by atoms with E-state index in [2.05, 4.69) is 20.8 Å². The van der Waals surface area contributed by atoms with Crippen LogP contribution in [-0.4, -0.2) is 47.9 Å². The highest BCUT2D eigenvalue weighted by Gasteiger charge is 2.38. The second-order valence-electron chi connectivity index (χ2n) is 5.07. The van der Waals surface area contributed by atoms with Gasteiger partial charge in [-0.15, -0.1) is 0 Å². The monoisotopic (exact) mass is 262 g/mol. The van der Waals surface area contributed by atoms with Gasteiger partial charge in [0.15, 0.2) is 0 Å². The minimum Gasteiger partial charge on any atom is -0.375 e. The second-order valence-corrected chi connectivity index (χ2v) is 5.07. The summed E-state index contributed by atoms with van der Waals surface area (Å²) in [5, 5.41) is 13.8. The number of hydrogen-bond donors (Lipinski definition) is 2. The van der Waals surface area contributed by atoms with E-state index in [1.807, 2.05) is 0 Å². The van der Waals surface area contributed by atoms with Crippen LogP contribution in [0.3, 0.4) is 0 Å². The van der Waals surface area contributed by atoms with Crippen LogP contribution in [0.1, 0.15) is 23.2 Å². The van der Waals surface area contributed by atoms with Gasteiger partial charge in [0.05, 0.1) is 30.7 Å². The van der Waals surface area contributed by atoms with Gasteiger partial charge in [-0.25, -0.2) is 0 Å². The molecule has 2 N–H and O–H groups in total. The standard InChI is InChI=1S/C13H18N4O2/c18-13(10-3-4-16-17-8-10)15-7-9-1-2-11-12(9)19-6-5-14-11/h3-4,8-9,11-12,14H,1-2,5-7H2,(H,15,18)/t9-,11+,12-/m0/s1. The Bertz CT molecular complexity index is 440. The molecule has 1 aliphatic carbocycles. The fourth-order valence-corrected chi connectivity index (χ4v) is 2.93. The van der Waals surface area contributed by atoms with Gasteiger partial charge >= 0.3 is 0 Å². The Kier molecular flexibility index (Phi) is 3.70. The molecule has 1 saturated heterocycles. The van der Waals surface area contributed by atoms with Crippen molar-refractivity contribution >= 4 is 5.91 Å². The largest absolute Gasteiger partial charge is 0.375 e. The van der Waals surface area contributed by atoms with Gasteiger partial charge < -0.3 is 15.4 Å². The summed E-state index contributed by atoms with van der Waals surface area (Å²) in [5.74, 6) is 0.304. The number of amides is 1. The first-order chi connectivity index (χ1) is 9.34. The molecule has 102 valence electrons. The number of aromatic nitrogens is 2. The van der Waals surface area contributed by atoms with E-state index in [4.69, 9.17) is 4.74 Å². The van der Waals surface area contributed by atoms with Crippen molar-refractivity contribution in [2.75, 3.05) is 19.7 Å². The Morgan fingerprint density at radius 2 is 2.42 bits per heavy atom. The molecule has 19 heavy (non-hydrogen) atoms. The third-order valence-electron chi connectivity index (χ3n) is 3.90. The number of rotatable bonds is 3. The van der Waals surface area contributed by atoms with Crippen molar-refractivity contribution in [1.29, 1.82) is 0 Å². The van der Waals surface area contributed by atoms with Crippen molar-refractivity contribution in [1.82, 2.24) is 20.8 Å². The molecule has 3 atom stereocenters. The highest BCUT2D eigenvalue weighted by Crippen LogP contribution is 2.29. The molecule has 0 spiro atoms. The van der Waals surface area contributed by atoms with Crippen LogP contribution >= 0.6 is 0 Å². The topological polar surface area (TPSA) is 76.1 Å². The number of nitrogens with one attached hydrogen (secondary N) is 2. The number of nitrogens with zero attached hydrogens (tertiary/aromatic N) is 2. The fourth-order valence-electron chi connectivity index (χ4n) is 2.93. The van der Waals surface area contributed by atoms with Crippen molar-refractivity contribution in [2.24, 2.45) is 5.92 Å². The smallest absolute Gasteiger partial charge is 0.252 e. The van der Waals surface area contributed by atoms with Gasteiger partial charge in [-0.1, -0.05) is 0 Å². The number of ether oxygens (including phenoxy) is 1. The third-order valence-corrected chi connectivity index (χ3v) is 3.90. The first-order valence-corrected chi connectivity index (χ1v) is 6.74. The maximum Gasteiger partial charge on any atom is 0.252 e. The number of hydrogen-bond acceptors (Lipinski definition) is 5. The van der Waals surface area contributed by atoms with Crippen molar-refractivity contribution in [2.45, 2.75) is 25.0 Å². The zero-order chi connectivity index (χ0) is 13.1. The molecule has 1 aliphatic heterocycles. The lowest BCUT2D eigenvalue weighted by Gasteiger charge is -2.30. The van der Waals surface area contributed by atoms with Crippen molar-refractivity contribution < 1.29 is 9.53 Å². The zero-order valence-electron chi connectivity index (χ0n) is 10.7. The fraction of sp³-hybridized carbons (Fsp3) is 0.615. The van der Waals surface area contributed by atoms with E-state index < -0.39 is 0 Å². The molecule has 6 heteroatoms. The van der Waals surface area contributed by atoms with E-state index >= 15 is 0 Å².